The number of hydrogen-bond donors (Lipinski definition) is 1. The SMILES string of the molecule is O=C(CCCCC1CCSS1)N1CCc2[nH]c3c(Br)cccc3c2C1. The van der Waals surface area contributed by atoms with E-state index in [1.807, 2.05) is 21.6 Å². The molecule has 1 fully saturated rings. The Labute approximate surface area is 165 Å². The summed E-state index contributed by atoms with van der Waals surface area (Å²) in [6, 6.07) is 6.29. The number of benzene rings is 1. The van der Waals surface area contributed by atoms with E-state index in [1.165, 1.54) is 41.7 Å². The molecular weight excluding hydrogens is 416 g/mol. The predicted octanol–water partition coefficient (Wildman–Crippen LogP) is 5.53. The summed E-state index contributed by atoms with van der Waals surface area (Å²) >= 11 is 3.62. The summed E-state index contributed by atoms with van der Waals surface area (Å²) in [5.41, 5.74) is 3.76. The van der Waals surface area contributed by atoms with Crippen molar-refractivity contribution in [2.75, 3.05) is 12.3 Å². The van der Waals surface area contributed by atoms with Gasteiger partial charge in [0.15, 0.2) is 0 Å². The molecule has 1 aromatic heterocycles. The molecule has 3 heterocycles. The number of para-hydroxylation sites is 1. The first-order valence-corrected chi connectivity index (χ1v) is 12.2. The number of carbonyl (C=O) groups excluding carboxylic acids is 1. The molecule has 2 aliphatic rings. The van der Waals surface area contributed by atoms with Crippen molar-refractivity contribution in [3.63, 3.8) is 0 Å². The first kappa shape index (κ1) is 17.8. The van der Waals surface area contributed by atoms with E-state index in [0.29, 0.717) is 12.3 Å². The molecule has 1 atom stereocenters. The lowest BCUT2D eigenvalue weighted by molar-refractivity contribution is -0.132. The molecule has 1 aromatic carbocycles. The predicted molar refractivity (Wildman–Crippen MR) is 112 cm³/mol. The molecule has 0 bridgehead atoms. The fraction of sp³-hybridized carbons (Fsp3) is 0.526. The minimum atomic E-state index is 0.323. The Kier molecular flexibility index (Phi) is 5.68. The van der Waals surface area contributed by atoms with Crippen LogP contribution in [-0.2, 0) is 17.8 Å². The number of carbonyl (C=O) groups is 1. The van der Waals surface area contributed by atoms with Gasteiger partial charge in [-0.3, -0.25) is 4.79 Å². The molecular formula is C19H23BrN2OS2. The molecule has 1 unspecified atom stereocenters. The van der Waals surface area contributed by atoms with Gasteiger partial charge < -0.3 is 9.88 Å². The minimum Gasteiger partial charge on any atom is -0.357 e. The van der Waals surface area contributed by atoms with Gasteiger partial charge in [-0.15, -0.1) is 0 Å². The van der Waals surface area contributed by atoms with Crippen molar-refractivity contribution >= 4 is 54.3 Å². The zero-order valence-corrected chi connectivity index (χ0v) is 17.4. The van der Waals surface area contributed by atoms with E-state index in [4.69, 9.17) is 0 Å². The quantitative estimate of drug-likeness (QED) is 0.492. The first-order valence-electron chi connectivity index (χ1n) is 9.06. The van der Waals surface area contributed by atoms with Crippen LogP contribution in [0.15, 0.2) is 22.7 Å². The molecule has 1 amide bonds. The maximum absolute atomic E-state index is 12.6. The van der Waals surface area contributed by atoms with Crippen molar-refractivity contribution < 1.29 is 4.79 Å². The normalized spacial score (nSPS) is 20.2. The van der Waals surface area contributed by atoms with E-state index in [9.17, 15) is 4.79 Å². The zero-order valence-electron chi connectivity index (χ0n) is 14.2. The highest BCUT2D eigenvalue weighted by Crippen LogP contribution is 2.40. The highest BCUT2D eigenvalue weighted by Gasteiger charge is 2.24. The van der Waals surface area contributed by atoms with E-state index in [-0.39, 0.29) is 0 Å². The number of nitrogens with one attached hydrogen (secondary N) is 1. The Bertz CT molecular complexity index is 770. The Balaban J connectivity index is 1.34. The molecule has 0 saturated carbocycles. The fourth-order valence-electron chi connectivity index (χ4n) is 3.79. The van der Waals surface area contributed by atoms with Crippen LogP contribution >= 0.6 is 37.5 Å². The van der Waals surface area contributed by atoms with Crippen molar-refractivity contribution in [3.8, 4) is 0 Å². The summed E-state index contributed by atoms with van der Waals surface area (Å²) in [4.78, 5) is 18.2. The maximum atomic E-state index is 12.6. The molecule has 1 saturated heterocycles. The van der Waals surface area contributed by atoms with Crippen LogP contribution in [0.3, 0.4) is 0 Å². The third-order valence-electron chi connectivity index (χ3n) is 5.21. The molecule has 2 aliphatic heterocycles. The second-order valence-corrected chi connectivity index (χ2v) is 10.5. The lowest BCUT2D eigenvalue weighted by Crippen LogP contribution is -2.35. The van der Waals surface area contributed by atoms with Crippen LogP contribution in [0.5, 0.6) is 0 Å². The number of amides is 1. The smallest absolute Gasteiger partial charge is 0.222 e. The van der Waals surface area contributed by atoms with Crippen molar-refractivity contribution in [2.45, 2.75) is 50.3 Å². The monoisotopic (exact) mass is 438 g/mol. The molecule has 4 rings (SSSR count). The number of nitrogens with zero attached hydrogens (tertiary/aromatic N) is 1. The van der Waals surface area contributed by atoms with E-state index >= 15 is 0 Å². The van der Waals surface area contributed by atoms with Gasteiger partial charge in [-0.2, -0.15) is 0 Å². The lowest BCUT2D eigenvalue weighted by atomic mass is 10.0. The van der Waals surface area contributed by atoms with Gasteiger partial charge in [0.25, 0.3) is 0 Å². The summed E-state index contributed by atoms with van der Waals surface area (Å²) in [7, 11) is 4.04. The van der Waals surface area contributed by atoms with Crippen LogP contribution in [0.2, 0.25) is 0 Å². The van der Waals surface area contributed by atoms with Crippen molar-refractivity contribution in [3.05, 3.63) is 33.9 Å². The lowest BCUT2D eigenvalue weighted by Gasteiger charge is -2.27. The Morgan fingerprint density at radius 1 is 1.36 bits per heavy atom. The number of aromatic amines is 1. The van der Waals surface area contributed by atoms with Crippen molar-refractivity contribution in [1.82, 2.24) is 9.88 Å². The maximum Gasteiger partial charge on any atom is 0.222 e. The third-order valence-corrected chi connectivity index (χ3v) is 8.87. The zero-order chi connectivity index (χ0) is 17.2. The van der Waals surface area contributed by atoms with Gasteiger partial charge in [0, 0.05) is 58.1 Å². The van der Waals surface area contributed by atoms with Crippen LogP contribution < -0.4 is 0 Å². The Morgan fingerprint density at radius 3 is 3.12 bits per heavy atom. The summed E-state index contributed by atoms with van der Waals surface area (Å²) in [6.45, 7) is 1.59. The number of unbranched alkanes of at least 4 members (excludes halogenated alkanes) is 1. The van der Waals surface area contributed by atoms with Gasteiger partial charge in [-0.1, -0.05) is 40.1 Å². The van der Waals surface area contributed by atoms with Gasteiger partial charge in [0.05, 0.1) is 5.52 Å². The average Bonchev–Trinajstić information content (AvgIpc) is 3.26. The second kappa shape index (κ2) is 7.97. The molecule has 3 nitrogen and oxygen atoms in total. The summed E-state index contributed by atoms with van der Waals surface area (Å²) < 4.78 is 1.10. The minimum absolute atomic E-state index is 0.323. The van der Waals surface area contributed by atoms with E-state index in [1.54, 1.807) is 0 Å². The highest BCUT2D eigenvalue weighted by atomic mass is 79.9. The first-order chi connectivity index (χ1) is 12.2. The molecule has 25 heavy (non-hydrogen) atoms. The second-order valence-electron chi connectivity index (χ2n) is 6.88. The number of fused-ring (bicyclic) bond motifs is 3. The van der Waals surface area contributed by atoms with Gasteiger partial charge in [-0.25, -0.2) is 0 Å². The van der Waals surface area contributed by atoms with Gasteiger partial charge >= 0.3 is 0 Å². The standard InChI is InChI=1S/C19H23BrN2OS2/c20-16-6-3-5-14-15-12-22(10-8-17(15)21-19(14)16)18(23)7-2-1-4-13-9-11-24-25-13/h3,5-6,13,21H,1-2,4,7-12H2. The molecule has 0 aliphatic carbocycles. The fourth-order valence-corrected chi connectivity index (χ4v) is 7.28. The van der Waals surface area contributed by atoms with Gasteiger partial charge in [0.1, 0.15) is 0 Å². The summed E-state index contributed by atoms with van der Waals surface area (Å²) in [5, 5.41) is 2.07. The Hall–Kier alpha value is -0.590. The van der Waals surface area contributed by atoms with Crippen LogP contribution in [0.4, 0.5) is 0 Å². The largest absolute Gasteiger partial charge is 0.357 e. The van der Waals surface area contributed by atoms with E-state index in [0.717, 1.165) is 41.2 Å². The van der Waals surface area contributed by atoms with Crippen molar-refractivity contribution in [1.29, 1.82) is 0 Å². The summed E-state index contributed by atoms with van der Waals surface area (Å²) in [5.74, 6) is 1.62. The van der Waals surface area contributed by atoms with E-state index < -0.39 is 0 Å². The summed E-state index contributed by atoms with van der Waals surface area (Å²) in [6.07, 6.45) is 6.45. The van der Waals surface area contributed by atoms with E-state index in [2.05, 4.69) is 44.0 Å². The molecule has 0 spiro atoms. The number of hydrogen-bond acceptors (Lipinski definition) is 3. The third kappa shape index (κ3) is 3.91. The number of halogens is 1. The molecule has 1 N–H and O–H groups in total. The molecule has 6 heteroatoms. The topological polar surface area (TPSA) is 36.1 Å². The van der Waals surface area contributed by atoms with Crippen molar-refractivity contribution in [2.24, 2.45) is 0 Å². The average molecular weight is 439 g/mol. The molecule has 2 aromatic rings. The van der Waals surface area contributed by atoms with Crippen LogP contribution in [-0.4, -0.2) is 33.3 Å². The number of rotatable bonds is 5. The number of H-pyrrole nitrogens is 1. The molecule has 134 valence electrons. The van der Waals surface area contributed by atoms with Crippen LogP contribution in [0.25, 0.3) is 10.9 Å². The molecule has 0 radical (unpaired) electrons. The van der Waals surface area contributed by atoms with Crippen LogP contribution in [0.1, 0.15) is 43.4 Å². The Morgan fingerprint density at radius 2 is 2.28 bits per heavy atom. The van der Waals surface area contributed by atoms with Crippen LogP contribution in [0, 0.1) is 0 Å². The number of aromatic nitrogens is 1. The van der Waals surface area contributed by atoms with Gasteiger partial charge in [-0.05, 0) is 41.3 Å². The van der Waals surface area contributed by atoms with Gasteiger partial charge in [0.2, 0.25) is 5.91 Å². The highest BCUT2D eigenvalue weighted by molar-refractivity contribution is 9.10.